The number of rotatable bonds is 5. The first kappa shape index (κ1) is 14.9. The summed E-state index contributed by atoms with van der Waals surface area (Å²) in [6, 6.07) is 9.94. The van der Waals surface area contributed by atoms with Gasteiger partial charge in [0.05, 0.1) is 0 Å². The van der Waals surface area contributed by atoms with E-state index in [9.17, 15) is 0 Å². The predicted octanol–water partition coefficient (Wildman–Crippen LogP) is 3.08. The van der Waals surface area contributed by atoms with Gasteiger partial charge in [0.1, 0.15) is 0 Å². The van der Waals surface area contributed by atoms with E-state index in [1.54, 1.807) is 0 Å². The SMILES string of the molecule is CNC(CCN1CCSCC1C)c1ccccc1C. The number of hydrogen-bond donors (Lipinski definition) is 1. The highest BCUT2D eigenvalue weighted by atomic mass is 32.2. The zero-order chi connectivity index (χ0) is 13.7. The van der Waals surface area contributed by atoms with Crippen molar-refractivity contribution in [2.75, 3.05) is 31.6 Å². The Bertz CT molecular complexity index is 394. The molecule has 2 nitrogen and oxygen atoms in total. The Hall–Kier alpha value is -0.510. The summed E-state index contributed by atoms with van der Waals surface area (Å²) in [6.07, 6.45) is 1.19. The minimum absolute atomic E-state index is 0.475. The Morgan fingerprint density at radius 2 is 2.21 bits per heavy atom. The molecule has 0 bridgehead atoms. The lowest BCUT2D eigenvalue weighted by molar-refractivity contribution is 0.220. The third kappa shape index (κ3) is 3.98. The molecule has 19 heavy (non-hydrogen) atoms. The molecule has 1 aromatic rings. The van der Waals surface area contributed by atoms with Crippen molar-refractivity contribution in [2.24, 2.45) is 0 Å². The molecule has 1 fully saturated rings. The normalized spacial score (nSPS) is 22.4. The van der Waals surface area contributed by atoms with Gasteiger partial charge in [0.25, 0.3) is 0 Å². The van der Waals surface area contributed by atoms with E-state index in [0.717, 1.165) is 6.04 Å². The molecule has 1 saturated heterocycles. The van der Waals surface area contributed by atoms with Crippen molar-refractivity contribution in [3.63, 3.8) is 0 Å². The smallest absolute Gasteiger partial charge is 0.0332 e. The van der Waals surface area contributed by atoms with E-state index in [1.165, 1.54) is 42.1 Å². The minimum Gasteiger partial charge on any atom is -0.313 e. The van der Waals surface area contributed by atoms with E-state index < -0.39 is 0 Å². The zero-order valence-electron chi connectivity index (χ0n) is 12.4. The molecule has 1 aliphatic heterocycles. The van der Waals surface area contributed by atoms with E-state index in [0.29, 0.717) is 6.04 Å². The fourth-order valence-electron chi connectivity index (χ4n) is 2.82. The molecule has 1 aliphatic rings. The predicted molar refractivity (Wildman–Crippen MR) is 86.0 cm³/mol. The summed E-state index contributed by atoms with van der Waals surface area (Å²) < 4.78 is 0. The van der Waals surface area contributed by atoms with Gasteiger partial charge in [-0.2, -0.15) is 11.8 Å². The van der Waals surface area contributed by atoms with E-state index in [1.807, 2.05) is 0 Å². The number of hydrogen-bond acceptors (Lipinski definition) is 3. The van der Waals surface area contributed by atoms with Gasteiger partial charge in [-0.25, -0.2) is 0 Å². The van der Waals surface area contributed by atoms with Crippen molar-refractivity contribution < 1.29 is 0 Å². The van der Waals surface area contributed by atoms with E-state index in [2.05, 4.69) is 67.1 Å². The second kappa shape index (κ2) is 7.32. The molecule has 0 radical (unpaired) electrons. The Morgan fingerprint density at radius 1 is 1.42 bits per heavy atom. The van der Waals surface area contributed by atoms with Gasteiger partial charge in [0.2, 0.25) is 0 Å². The Kier molecular flexibility index (Phi) is 5.74. The molecule has 3 heteroatoms. The van der Waals surface area contributed by atoms with Crippen LogP contribution >= 0.6 is 11.8 Å². The van der Waals surface area contributed by atoms with Crippen LogP contribution in [0.1, 0.15) is 30.5 Å². The standard InChI is InChI=1S/C16H26N2S/c1-13-6-4-5-7-15(13)16(17-3)8-9-18-10-11-19-12-14(18)2/h4-7,14,16-17H,8-12H2,1-3H3. The van der Waals surface area contributed by atoms with Crippen LogP contribution in [0.4, 0.5) is 0 Å². The first-order valence-electron chi connectivity index (χ1n) is 7.27. The second-order valence-electron chi connectivity index (χ2n) is 5.45. The number of nitrogens with one attached hydrogen (secondary N) is 1. The average Bonchev–Trinajstić information content (AvgIpc) is 2.43. The van der Waals surface area contributed by atoms with Gasteiger partial charge in [-0.1, -0.05) is 24.3 Å². The largest absolute Gasteiger partial charge is 0.313 e. The second-order valence-corrected chi connectivity index (χ2v) is 6.60. The van der Waals surface area contributed by atoms with Gasteiger partial charge in [0.15, 0.2) is 0 Å². The van der Waals surface area contributed by atoms with E-state index in [-0.39, 0.29) is 0 Å². The lowest BCUT2D eigenvalue weighted by Gasteiger charge is -2.34. The third-order valence-corrected chi connectivity index (χ3v) is 5.31. The summed E-state index contributed by atoms with van der Waals surface area (Å²) in [4.78, 5) is 2.64. The number of benzene rings is 1. The summed E-state index contributed by atoms with van der Waals surface area (Å²) >= 11 is 2.09. The van der Waals surface area contributed by atoms with Crippen molar-refractivity contribution in [3.05, 3.63) is 35.4 Å². The van der Waals surface area contributed by atoms with Crippen LogP contribution in [0.15, 0.2) is 24.3 Å². The van der Waals surface area contributed by atoms with Gasteiger partial charge in [-0.3, -0.25) is 4.90 Å². The van der Waals surface area contributed by atoms with Crippen LogP contribution in [0.25, 0.3) is 0 Å². The third-order valence-electron chi connectivity index (χ3n) is 4.12. The van der Waals surface area contributed by atoms with Gasteiger partial charge in [-0.05, 0) is 38.4 Å². The maximum atomic E-state index is 3.48. The highest BCUT2D eigenvalue weighted by molar-refractivity contribution is 7.99. The summed E-state index contributed by atoms with van der Waals surface area (Å²) in [5.74, 6) is 2.58. The summed E-state index contributed by atoms with van der Waals surface area (Å²) in [7, 11) is 2.08. The zero-order valence-corrected chi connectivity index (χ0v) is 13.2. The maximum Gasteiger partial charge on any atom is 0.0332 e. The minimum atomic E-state index is 0.475. The average molecular weight is 278 g/mol. The van der Waals surface area contributed by atoms with Crippen LogP contribution in [0.3, 0.4) is 0 Å². The molecule has 0 amide bonds. The molecule has 0 aromatic heterocycles. The summed E-state index contributed by atoms with van der Waals surface area (Å²) in [5.41, 5.74) is 2.84. The van der Waals surface area contributed by atoms with Crippen molar-refractivity contribution in [1.29, 1.82) is 0 Å². The summed E-state index contributed by atoms with van der Waals surface area (Å²) in [5, 5.41) is 3.48. The highest BCUT2D eigenvalue weighted by Crippen LogP contribution is 2.22. The molecule has 106 valence electrons. The Labute approximate surface area is 122 Å². The van der Waals surface area contributed by atoms with Crippen molar-refractivity contribution in [1.82, 2.24) is 10.2 Å². The number of aryl methyl sites for hydroxylation is 1. The lowest BCUT2D eigenvalue weighted by atomic mass is 9.98. The Balaban J connectivity index is 1.94. The fraction of sp³-hybridized carbons (Fsp3) is 0.625. The van der Waals surface area contributed by atoms with Gasteiger partial charge in [0, 0.05) is 36.7 Å². The number of thioether (sulfide) groups is 1. The maximum absolute atomic E-state index is 3.48. The quantitative estimate of drug-likeness (QED) is 0.891. The van der Waals surface area contributed by atoms with Gasteiger partial charge in [-0.15, -0.1) is 0 Å². The lowest BCUT2D eigenvalue weighted by Crippen LogP contribution is -2.41. The molecule has 2 atom stereocenters. The molecule has 0 aliphatic carbocycles. The van der Waals surface area contributed by atoms with E-state index >= 15 is 0 Å². The van der Waals surface area contributed by atoms with Crippen molar-refractivity contribution in [3.8, 4) is 0 Å². The van der Waals surface area contributed by atoms with Gasteiger partial charge >= 0.3 is 0 Å². The van der Waals surface area contributed by atoms with Crippen LogP contribution in [0.2, 0.25) is 0 Å². The molecule has 2 unspecified atom stereocenters. The molecule has 1 aromatic carbocycles. The molecule has 0 saturated carbocycles. The topological polar surface area (TPSA) is 15.3 Å². The number of nitrogens with zero attached hydrogens (tertiary/aromatic N) is 1. The molecule has 2 rings (SSSR count). The van der Waals surface area contributed by atoms with Crippen LogP contribution in [0.5, 0.6) is 0 Å². The van der Waals surface area contributed by atoms with Crippen LogP contribution < -0.4 is 5.32 Å². The molecule has 1 N–H and O–H groups in total. The van der Waals surface area contributed by atoms with Crippen LogP contribution in [0, 0.1) is 6.92 Å². The molecule has 0 spiro atoms. The fourth-order valence-corrected chi connectivity index (χ4v) is 3.90. The van der Waals surface area contributed by atoms with Crippen molar-refractivity contribution in [2.45, 2.75) is 32.4 Å². The van der Waals surface area contributed by atoms with E-state index in [4.69, 9.17) is 0 Å². The highest BCUT2D eigenvalue weighted by Gasteiger charge is 2.20. The van der Waals surface area contributed by atoms with Crippen LogP contribution in [-0.4, -0.2) is 42.6 Å². The monoisotopic (exact) mass is 278 g/mol. The molecular formula is C16H26N2S. The summed E-state index contributed by atoms with van der Waals surface area (Å²) in [6.45, 7) is 7.01. The first-order chi connectivity index (χ1) is 9.22. The Morgan fingerprint density at radius 3 is 2.89 bits per heavy atom. The molecule has 1 heterocycles. The van der Waals surface area contributed by atoms with Crippen molar-refractivity contribution >= 4 is 11.8 Å². The molecular weight excluding hydrogens is 252 g/mol. The van der Waals surface area contributed by atoms with Crippen LogP contribution in [-0.2, 0) is 0 Å². The van der Waals surface area contributed by atoms with Gasteiger partial charge < -0.3 is 5.32 Å². The first-order valence-corrected chi connectivity index (χ1v) is 8.42.